The summed E-state index contributed by atoms with van der Waals surface area (Å²) in [6, 6.07) is 19.7. The van der Waals surface area contributed by atoms with E-state index in [0.29, 0.717) is 16.4 Å². The number of carbonyl (C=O) groups excluding carboxylic acids is 1. The van der Waals surface area contributed by atoms with Crippen molar-refractivity contribution >= 4 is 23.3 Å². The SMILES string of the molecule is COC(=O)c1ccc(-c2ccc3c(c2)[C@]2(COC(N)=N2)c2cc(-c4cccnc4)ccc2O3)s1. The zero-order chi connectivity index (χ0) is 23.3. The maximum Gasteiger partial charge on any atom is 0.348 e. The molecule has 1 atom stereocenters. The van der Waals surface area contributed by atoms with Crippen LogP contribution in [0.4, 0.5) is 0 Å². The maximum absolute atomic E-state index is 11.9. The van der Waals surface area contributed by atoms with Crippen molar-refractivity contribution in [1.82, 2.24) is 4.98 Å². The molecule has 6 rings (SSSR count). The number of ether oxygens (including phenoxy) is 3. The number of fused-ring (bicyclic) bond motifs is 4. The molecular weight excluding hydrogens is 450 g/mol. The van der Waals surface area contributed by atoms with Crippen molar-refractivity contribution in [2.75, 3.05) is 13.7 Å². The lowest BCUT2D eigenvalue weighted by Gasteiger charge is -2.34. The fourth-order valence-corrected chi connectivity index (χ4v) is 5.35. The van der Waals surface area contributed by atoms with E-state index in [0.717, 1.165) is 32.7 Å². The Morgan fingerprint density at radius 2 is 1.79 bits per heavy atom. The molecule has 2 aliphatic heterocycles. The Bertz CT molecular complexity index is 1460. The molecular formula is C26H19N3O4S. The van der Waals surface area contributed by atoms with Crippen molar-refractivity contribution in [2.24, 2.45) is 10.7 Å². The Hall–Kier alpha value is -4.17. The van der Waals surface area contributed by atoms with E-state index in [9.17, 15) is 4.79 Å². The molecule has 0 bridgehead atoms. The number of hydrogen-bond donors (Lipinski definition) is 1. The van der Waals surface area contributed by atoms with E-state index < -0.39 is 5.54 Å². The standard InChI is InChI=1S/C26H19N3O4S/c1-31-24(30)23-9-8-22(34-23)16-5-7-21-19(12-16)26(14-32-25(27)29-26)18-11-15(4-6-20(18)33-21)17-3-2-10-28-13-17/h2-13H,14H2,1H3,(H2,27,29)/t26-/m0/s1. The first-order chi connectivity index (χ1) is 16.6. The van der Waals surface area contributed by atoms with Crippen LogP contribution in [0.3, 0.4) is 0 Å². The molecule has 2 aromatic heterocycles. The maximum atomic E-state index is 11.9. The number of pyridine rings is 1. The highest BCUT2D eigenvalue weighted by molar-refractivity contribution is 7.17. The van der Waals surface area contributed by atoms with E-state index in [4.69, 9.17) is 24.9 Å². The first kappa shape index (κ1) is 20.4. The average Bonchev–Trinajstić information content (AvgIpc) is 3.52. The number of aliphatic imine (C=N–C) groups is 1. The predicted octanol–water partition coefficient (Wildman–Crippen LogP) is 4.96. The summed E-state index contributed by atoms with van der Waals surface area (Å²) in [4.78, 5) is 22.4. The van der Waals surface area contributed by atoms with Gasteiger partial charge in [0.15, 0.2) is 5.54 Å². The topological polar surface area (TPSA) is 96.0 Å². The van der Waals surface area contributed by atoms with Crippen LogP contribution in [-0.4, -0.2) is 30.7 Å². The molecule has 2 N–H and O–H groups in total. The van der Waals surface area contributed by atoms with Crippen molar-refractivity contribution < 1.29 is 19.0 Å². The van der Waals surface area contributed by atoms with Gasteiger partial charge in [-0.25, -0.2) is 9.79 Å². The van der Waals surface area contributed by atoms with Gasteiger partial charge < -0.3 is 19.9 Å². The Morgan fingerprint density at radius 1 is 1.03 bits per heavy atom. The molecule has 0 unspecified atom stereocenters. The molecule has 1 spiro atoms. The first-order valence-corrected chi connectivity index (χ1v) is 11.4. The number of nitrogens with zero attached hydrogens (tertiary/aromatic N) is 2. The quantitative estimate of drug-likeness (QED) is 0.426. The second-order valence-corrected chi connectivity index (χ2v) is 9.10. The smallest absolute Gasteiger partial charge is 0.348 e. The van der Waals surface area contributed by atoms with Crippen molar-refractivity contribution in [3.05, 3.63) is 89.1 Å². The van der Waals surface area contributed by atoms with Gasteiger partial charge in [-0.2, -0.15) is 0 Å². The molecule has 7 nitrogen and oxygen atoms in total. The van der Waals surface area contributed by atoms with Gasteiger partial charge >= 0.3 is 5.97 Å². The molecule has 4 aromatic rings. The van der Waals surface area contributed by atoms with Gasteiger partial charge in [0.1, 0.15) is 23.0 Å². The largest absolute Gasteiger partial charge is 0.465 e. The summed E-state index contributed by atoms with van der Waals surface area (Å²) >= 11 is 1.37. The predicted molar refractivity (Wildman–Crippen MR) is 129 cm³/mol. The minimum Gasteiger partial charge on any atom is -0.465 e. The zero-order valence-corrected chi connectivity index (χ0v) is 19.0. The summed E-state index contributed by atoms with van der Waals surface area (Å²) in [5, 5.41) is 0. The lowest BCUT2D eigenvalue weighted by atomic mass is 9.80. The van der Waals surface area contributed by atoms with E-state index in [2.05, 4.69) is 11.1 Å². The average molecular weight is 470 g/mol. The van der Waals surface area contributed by atoms with Crippen molar-refractivity contribution in [2.45, 2.75) is 5.54 Å². The number of thiophene rings is 1. The van der Waals surface area contributed by atoms with Crippen molar-refractivity contribution in [3.8, 4) is 33.1 Å². The third-order valence-electron chi connectivity index (χ3n) is 6.07. The Balaban J connectivity index is 1.50. The molecule has 4 heterocycles. The summed E-state index contributed by atoms with van der Waals surface area (Å²) in [6.07, 6.45) is 3.57. The van der Waals surface area contributed by atoms with Crippen LogP contribution >= 0.6 is 11.3 Å². The second-order valence-electron chi connectivity index (χ2n) is 8.02. The molecule has 0 radical (unpaired) electrons. The Labute approximate surface area is 199 Å². The monoisotopic (exact) mass is 469 g/mol. The molecule has 0 amide bonds. The number of amidine groups is 1. The van der Waals surface area contributed by atoms with Gasteiger partial charge in [0.05, 0.1) is 7.11 Å². The van der Waals surface area contributed by atoms with Gasteiger partial charge in [-0.3, -0.25) is 4.98 Å². The lowest BCUT2D eigenvalue weighted by Crippen LogP contribution is -2.31. The summed E-state index contributed by atoms with van der Waals surface area (Å²) in [6.45, 7) is 0.264. The fraction of sp³-hybridized carbons (Fsp3) is 0.115. The molecule has 0 saturated heterocycles. The molecule has 168 valence electrons. The third kappa shape index (κ3) is 3.14. The Morgan fingerprint density at radius 3 is 2.47 bits per heavy atom. The highest BCUT2D eigenvalue weighted by Crippen LogP contribution is 2.52. The van der Waals surface area contributed by atoms with E-state index in [1.54, 1.807) is 12.3 Å². The summed E-state index contributed by atoms with van der Waals surface area (Å²) in [5.74, 6) is 1.05. The van der Waals surface area contributed by atoms with Gasteiger partial charge in [-0.05, 0) is 59.7 Å². The molecule has 2 aliphatic rings. The highest BCUT2D eigenvalue weighted by atomic mass is 32.1. The fourth-order valence-electron chi connectivity index (χ4n) is 4.42. The molecule has 8 heteroatoms. The van der Waals surface area contributed by atoms with Crippen LogP contribution in [-0.2, 0) is 15.0 Å². The normalized spacial score (nSPS) is 17.9. The van der Waals surface area contributed by atoms with E-state index in [-0.39, 0.29) is 18.6 Å². The molecule has 0 fully saturated rings. The number of aromatic nitrogens is 1. The summed E-state index contributed by atoms with van der Waals surface area (Å²) in [7, 11) is 1.38. The Kier molecular flexibility index (Phi) is 4.63. The van der Waals surface area contributed by atoms with Crippen LogP contribution in [0.5, 0.6) is 11.5 Å². The molecule has 0 saturated carbocycles. The zero-order valence-electron chi connectivity index (χ0n) is 18.1. The number of methoxy groups -OCH3 is 1. The third-order valence-corrected chi connectivity index (χ3v) is 7.19. The van der Waals surface area contributed by atoms with Crippen LogP contribution in [0.1, 0.15) is 20.8 Å². The minimum absolute atomic E-state index is 0.139. The number of carbonyl (C=O) groups is 1. The number of benzene rings is 2. The summed E-state index contributed by atoms with van der Waals surface area (Å²) in [5.41, 5.74) is 9.85. The highest BCUT2D eigenvalue weighted by Gasteiger charge is 2.47. The van der Waals surface area contributed by atoms with Crippen LogP contribution in [0.15, 0.2) is 78.0 Å². The van der Waals surface area contributed by atoms with Crippen molar-refractivity contribution in [1.29, 1.82) is 0 Å². The van der Waals surface area contributed by atoms with Gasteiger partial charge in [-0.15, -0.1) is 11.3 Å². The molecule has 34 heavy (non-hydrogen) atoms. The number of rotatable bonds is 3. The summed E-state index contributed by atoms with van der Waals surface area (Å²) < 4.78 is 16.8. The number of hydrogen-bond acceptors (Lipinski definition) is 8. The minimum atomic E-state index is -0.844. The molecule has 0 aliphatic carbocycles. The number of esters is 1. The van der Waals surface area contributed by atoms with Gasteiger partial charge in [0, 0.05) is 34.0 Å². The van der Waals surface area contributed by atoms with Crippen LogP contribution in [0, 0.1) is 0 Å². The van der Waals surface area contributed by atoms with Gasteiger partial charge in [-0.1, -0.05) is 12.1 Å². The number of nitrogens with two attached hydrogens (primary N) is 1. The first-order valence-electron chi connectivity index (χ1n) is 10.6. The van der Waals surface area contributed by atoms with E-state index in [1.165, 1.54) is 18.4 Å². The molecule has 2 aromatic carbocycles. The lowest BCUT2D eigenvalue weighted by molar-refractivity contribution is 0.0606. The van der Waals surface area contributed by atoms with E-state index >= 15 is 0 Å². The van der Waals surface area contributed by atoms with Crippen LogP contribution < -0.4 is 10.5 Å². The second kappa shape index (κ2) is 7.71. The van der Waals surface area contributed by atoms with Gasteiger partial charge in [0.2, 0.25) is 0 Å². The van der Waals surface area contributed by atoms with E-state index in [1.807, 2.05) is 54.7 Å². The van der Waals surface area contributed by atoms with Crippen LogP contribution in [0.2, 0.25) is 0 Å². The van der Waals surface area contributed by atoms with Crippen LogP contribution in [0.25, 0.3) is 21.6 Å². The van der Waals surface area contributed by atoms with Gasteiger partial charge in [0.25, 0.3) is 6.02 Å². The van der Waals surface area contributed by atoms with Crippen molar-refractivity contribution in [3.63, 3.8) is 0 Å².